The Morgan fingerprint density at radius 1 is 1.27 bits per heavy atom. The van der Waals surface area contributed by atoms with Crippen molar-refractivity contribution in [1.82, 2.24) is 4.98 Å². The molecule has 1 aromatic rings. The predicted molar refractivity (Wildman–Crippen MR) is 65.5 cm³/mol. The molecule has 0 saturated carbocycles. The summed E-state index contributed by atoms with van der Waals surface area (Å²) in [7, 11) is 0. The van der Waals surface area contributed by atoms with E-state index in [4.69, 9.17) is 0 Å². The van der Waals surface area contributed by atoms with Crippen molar-refractivity contribution in [1.29, 1.82) is 0 Å². The van der Waals surface area contributed by atoms with Crippen LogP contribution < -0.4 is 0 Å². The lowest BCUT2D eigenvalue weighted by molar-refractivity contribution is 0.381. The first-order valence-electron chi connectivity index (χ1n) is 5.61. The molecular formula is C13H20N2. The first kappa shape index (κ1) is 11.9. The minimum Gasteiger partial charge on any atom is -0.290 e. The Bertz CT molecular complexity index is 340. The summed E-state index contributed by atoms with van der Waals surface area (Å²) in [6, 6.07) is 4.13. The maximum atomic E-state index is 4.38. The molecule has 2 heteroatoms. The molecule has 1 aliphatic rings. The summed E-state index contributed by atoms with van der Waals surface area (Å²) in [5.74, 6) is 0. The number of aliphatic imine (C=N–C) groups is 1. The van der Waals surface area contributed by atoms with Crippen molar-refractivity contribution in [2.24, 2.45) is 10.4 Å². The molecule has 0 radical (unpaired) electrons. The summed E-state index contributed by atoms with van der Waals surface area (Å²) < 4.78 is 0. The van der Waals surface area contributed by atoms with Crippen molar-refractivity contribution in [3.63, 3.8) is 0 Å². The highest BCUT2D eigenvalue weighted by molar-refractivity contribution is 5.79. The van der Waals surface area contributed by atoms with Crippen LogP contribution in [0.4, 0.5) is 0 Å². The van der Waals surface area contributed by atoms with E-state index in [0.717, 1.165) is 18.7 Å². The topological polar surface area (TPSA) is 25.2 Å². The molecular weight excluding hydrogens is 184 g/mol. The third-order valence-corrected chi connectivity index (χ3v) is 2.33. The minimum absolute atomic E-state index is 0.269. The van der Waals surface area contributed by atoms with E-state index in [2.05, 4.69) is 29.9 Å². The normalized spacial score (nSPS) is 17.1. The van der Waals surface area contributed by atoms with Crippen molar-refractivity contribution in [2.75, 3.05) is 6.54 Å². The Morgan fingerprint density at radius 3 is 2.73 bits per heavy atom. The van der Waals surface area contributed by atoms with Crippen LogP contribution in [-0.4, -0.2) is 17.7 Å². The maximum absolute atomic E-state index is 4.38. The zero-order chi connectivity index (χ0) is 11.3. The molecule has 0 amide bonds. The van der Waals surface area contributed by atoms with E-state index in [1.807, 2.05) is 32.3 Å². The fourth-order valence-corrected chi connectivity index (χ4v) is 1.67. The van der Waals surface area contributed by atoms with Crippen LogP contribution in [0.25, 0.3) is 0 Å². The summed E-state index contributed by atoms with van der Waals surface area (Å²) in [4.78, 5) is 8.67. The van der Waals surface area contributed by atoms with E-state index in [9.17, 15) is 0 Å². The number of fused-ring (bicyclic) bond motifs is 1. The quantitative estimate of drug-likeness (QED) is 0.637. The Labute approximate surface area is 92.5 Å². The first-order chi connectivity index (χ1) is 7.17. The largest absolute Gasteiger partial charge is 0.290 e. The van der Waals surface area contributed by atoms with Gasteiger partial charge in [-0.15, -0.1) is 0 Å². The fraction of sp³-hybridized carbons (Fsp3) is 0.538. The average Bonchev–Trinajstić information content (AvgIpc) is 2.37. The number of hydrogen-bond acceptors (Lipinski definition) is 2. The average molecular weight is 204 g/mol. The molecule has 0 saturated heterocycles. The smallest absolute Gasteiger partial charge is 0.0839 e. The van der Waals surface area contributed by atoms with Gasteiger partial charge in [-0.25, -0.2) is 0 Å². The van der Waals surface area contributed by atoms with E-state index in [1.165, 1.54) is 5.56 Å². The van der Waals surface area contributed by atoms with Crippen LogP contribution in [0.2, 0.25) is 0 Å². The highest BCUT2D eigenvalue weighted by Gasteiger charge is 2.21. The highest BCUT2D eigenvalue weighted by atomic mass is 14.8. The minimum atomic E-state index is 0.269. The van der Waals surface area contributed by atoms with Crippen molar-refractivity contribution in [2.45, 2.75) is 34.1 Å². The van der Waals surface area contributed by atoms with Crippen LogP contribution in [-0.2, 0) is 6.42 Å². The van der Waals surface area contributed by atoms with Crippen LogP contribution in [0.5, 0.6) is 0 Å². The van der Waals surface area contributed by atoms with Crippen LogP contribution in [0.1, 0.15) is 39.0 Å². The second kappa shape index (κ2) is 5.06. The van der Waals surface area contributed by atoms with E-state index in [1.54, 1.807) is 0 Å². The fourth-order valence-electron chi connectivity index (χ4n) is 1.67. The van der Waals surface area contributed by atoms with Gasteiger partial charge in [-0.05, 0) is 23.5 Å². The van der Waals surface area contributed by atoms with Gasteiger partial charge >= 0.3 is 0 Å². The van der Waals surface area contributed by atoms with E-state index < -0.39 is 0 Å². The molecule has 0 spiro atoms. The lowest BCUT2D eigenvalue weighted by Gasteiger charge is -2.20. The molecule has 2 rings (SSSR count). The van der Waals surface area contributed by atoms with Gasteiger partial charge in [0.05, 0.1) is 5.69 Å². The monoisotopic (exact) mass is 204 g/mol. The molecule has 0 fully saturated rings. The zero-order valence-corrected chi connectivity index (χ0v) is 10.1. The van der Waals surface area contributed by atoms with Gasteiger partial charge in [0.2, 0.25) is 0 Å². The number of nitrogens with zero attached hydrogens (tertiary/aromatic N) is 2. The maximum Gasteiger partial charge on any atom is 0.0839 e. The summed E-state index contributed by atoms with van der Waals surface area (Å²) in [5.41, 5.74) is 2.62. The summed E-state index contributed by atoms with van der Waals surface area (Å²) in [5, 5.41) is 0. The molecule has 0 unspecified atom stereocenters. The molecule has 82 valence electrons. The Morgan fingerprint density at radius 2 is 2.00 bits per heavy atom. The molecule has 1 aliphatic heterocycles. The number of aromatic nitrogens is 1. The Kier molecular flexibility index (Phi) is 4.01. The van der Waals surface area contributed by atoms with Gasteiger partial charge < -0.3 is 0 Å². The first-order valence-corrected chi connectivity index (χ1v) is 5.61. The number of rotatable bonds is 0. The Hall–Kier alpha value is -1.18. The summed E-state index contributed by atoms with van der Waals surface area (Å²) in [6.45, 7) is 9.38. The lowest BCUT2D eigenvalue weighted by Crippen LogP contribution is -2.17. The zero-order valence-electron chi connectivity index (χ0n) is 10.1. The van der Waals surface area contributed by atoms with Crippen LogP contribution >= 0.6 is 0 Å². The van der Waals surface area contributed by atoms with E-state index in [-0.39, 0.29) is 5.41 Å². The van der Waals surface area contributed by atoms with Gasteiger partial charge in [0.15, 0.2) is 0 Å². The number of pyridine rings is 1. The van der Waals surface area contributed by atoms with Gasteiger partial charge in [0.1, 0.15) is 0 Å². The molecule has 0 aromatic carbocycles. The molecule has 1 aromatic heterocycles. The molecule has 2 nitrogen and oxygen atoms in total. The molecule has 0 atom stereocenters. The van der Waals surface area contributed by atoms with Gasteiger partial charge in [-0.2, -0.15) is 0 Å². The second-order valence-electron chi connectivity index (χ2n) is 4.36. The third-order valence-electron chi connectivity index (χ3n) is 2.33. The lowest BCUT2D eigenvalue weighted by atomic mass is 9.86. The van der Waals surface area contributed by atoms with Crippen molar-refractivity contribution in [3.8, 4) is 0 Å². The van der Waals surface area contributed by atoms with Gasteiger partial charge in [-0.3, -0.25) is 9.98 Å². The standard InChI is InChI=1S/C11H14N2.C2H6/c1-11(2)6-9-4-3-5-13-10(9)7-12-8-11;1-2/h3-5,7H,6,8H2,1-2H3;1-2H3. The SMILES string of the molecule is CC.CC1(C)CN=Cc2ncccc2C1. The summed E-state index contributed by atoms with van der Waals surface area (Å²) in [6.07, 6.45) is 4.78. The molecule has 2 heterocycles. The molecule has 15 heavy (non-hydrogen) atoms. The van der Waals surface area contributed by atoms with Crippen molar-refractivity contribution < 1.29 is 0 Å². The second-order valence-corrected chi connectivity index (χ2v) is 4.36. The highest BCUT2D eigenvalue weighted by Crippen LogP contribution is 2.25. The van der Waals surface area contributed by atoms with Gasteiger partial charge in [-0.1, -0.05) is 33.8 Å². The molecule has 0 aliphatic carbocycles. The predicted octanol–water partition coefficient (Wildman–Crippen LogP) is 3.11. The summed E-state index contributed by atoms with van der Waals surface area (Å²) >= 11 is 0. The Balaban J connectivity index is 0.000000531. The molecule has 0 N–H and O–H groups in total. The van der Waals surface area contributed by atoms with E-state index >= 15 is 0 Å². The van der Waals surface area contributed by atoms with Crippen LogP contribution in [0, 0.1) is 5.41 Å². The van der Waals surface area contributed by atoms with Crippen molar-refractivity contribution >= 4 is 6.21 Å². The van der Waals surface area contributed by atoms with Gasteiger partial charge in [0.25, 0.3) is 0 Å². The third kappa shape index (κ3) is 3.15. The van der Waals surface area contributed by atoms with Crippen molar-refractivity contribution in [3.05, 3.63) is 29.6 Å². The van der Waals surface area contributed by atoms with Crippen LogP contribution in [0.3, 0.4) is 0 Å². The number of hydrogen-bond donors (Lipinski definition) is 0. The van der Waals surface area contributed by atoms with Gasteiger partial charge in [0, 0.05) is 19.0 Å². The van der Waals surface area contributed by atoms with E-state index in [0.29, 0.717) is 0 Å². The van der Waals surface area contributed by atoms with Crippen LogP contribution in [0.15, 0.2) is 23.3 Å². The molecule has 0 bridgehead atoms.